The van der Waals surface area contributed by atoms with Crippen LogP contribution in [0, 0.1) is 5.92 Å². The van der Waals surface area contributed by atoms with Gasteiger partial charge in [0.25, 0.3) is 0 Å². The quantitative estimate of drug-likeness (QED) is 0.648. The summed E-state index contributed by atoms with van der Waals surface area (Å²) in [4.78, 5) is 21.3. The van der Waals surface area contributed by atoms with Crippen LogP contribution in [0.1, 0.15) is 36.6 Å². The summed E-state index contributed by atoms with van der Waals surface area (Å²) < 4.78 is 1.84. The summed E-state index contributed by atoms with van der Waals surface area (Å²) in [6.45, 7) is 4.99. The first-order valence-electron chi connectivity index (χ1n) is 8.14. The number of halogens is 2. The molecule has 1 aliphatic rings. The molecule has 2 aromatic heterocycles. The summed E-state index contributed by atoms with van der Waals surface area (Å²) in [6.07, 6.45) is 2.28. The lowest BCUT2D eigenvalue weighted by atomic mass is 9.95. The summed E-state index contributed by atoms with van der Waals surface area (Å²) in [5, 5.41) is 5.95. The fourth-order valence-electron chi connectivity index (χ4n) is 3.39. The van der Waals surface area contributed by atoms with Gasteiger partial charge in [0.05, 0.1) is 17.0 Å². The Hall–Kier alpha value is -1.98. The van der Waals surface area contributed by atoms with E-state index in [1.54, 1.807) is 6.07 Å². The van der Waals surface area contributed by atoms with Crippen molar-refractivity contribution in [1.29, 1.82) is 0 Å². The number of fused-ring (bicyclic) bond motifs is 2. The van der Waals surface area contributed by atoms with E-state index in [0.29, 0.717) is 28.7 Å². The highest BCUT2D eigenvalue weighted by atomic mass is 35.5. The molecular formula is C18H16Cl2N4O. The Kier molecular flexibility index (Phi) is 4.01. The molecule has 3 aromatic rings. The van der Waals surface area contributed by atoms with Gasteiger partial charge in [0.2, 0.25) is 5.28 Å². The molecule has 5 nitrogen and oxygen atoms in total. The number of carbonyl (C=O) groups is 1. The lowest BCUT2D eigenvalue weighted by molar-refractivity contribution is -0.118. The largest absolute Gasteiger partial charge is 0.298 e. The van der Waals surface area contributed by atoms with Crippen molar-refractivity contribution in [2.45, 2.75) is 32.7 Å². The second-order valence-electron chi connectivity index (χ2n) is 6.78. The van der Waals surface area contributed by atoms with E-state index in [4.69, 9.17) is 23.2 Å². The normalized spacial score (nSPS) is 16.8. The number of benzene rings is 1. The molecule has 128 valence electrons. The smallest absolute Gasteiger partial charge is 0.224 e. The Morgan fingerprint density at radius 3 is 2.84 bits per heavy atom. The van der Waals surface area contributed by atoms with Crippen molar-refractivity contribution < 1.29 is 4.79 Å². The van der Waals surface area contributed by atoms with Gasteiger partial charge < -0.3 is 0 Å². The Balaban J connectivity index is 1.91. The molecule has 25 heavy (non-hydrogen) atoms. The molecule has 0 aliphatic heterocycles. The Morgan fingerprint density at radius 1 is 1.28 bits per heavy atom. The molecule has 1 atom stereocenters. The molecule has 0 bridgehead atoms. The zero-order chi connectivity index (χ0) is 17.7. The van der Waals surface area contributed by atoms with E-state index >= 15 is 0 Å². The molecule has 7 heteroatoms. The van der Waals surface area contributed by atoms with Crippen molar-refractivity contribution in [3.8, 4) is 0 Å². The number of rotatable bonds is 3. The van der Waals surface area contributed by atoms with Crippen LogP contribution in [-0.4, -0.2) is 25.5 Å². The summed E-state index contributed by atoms with van der Waals surface area (Å²) in [7, 11) is 0. The average Bonchev–Trinajstić information content (AvgIpc) is 3.05. The maximum absolute atomic E-state index is 12.7. The first kappa shape index (κ1) is 16.5. The van der Waals surface area contributed by atoms with Crippen molar-refractivity contribution in [3.63, 3.8) is 0 Å². The number of hydrogen-bond donors (Lipinski definition) is 0. The van der Waals surface area contributed by atoms with Crippen LogP contribution in [0.2, 0.25) is 10.3 Å². The van der Waals surface area contributed by atoms with Crippen molar-refractivity contribution >= 4 is 40.0 Å². The van der Waals surface area contributed by atoms with Crippen molar-refractivity contribution in [3.05, 3.63) is 51.5 Å². The maximum atomic E-state index is 12.7. The van der Waals surface area contributed by atoms with Gasteiger partial charge in [-0.25, -0.2) is 4.98 Å². The third-order valence-electron chi connectivity index (χ3n) is 4.36. The molecule has 0 saturated heterocycles. The Labute approximate surface area is 155 Å². The molecule has 1 aliphatic carbocycles. The third-order valence-corrected chi connectivity index (χ3v) is 4.76. The monoisotopic (exact) mass is 374 g/mol. The van der Waals surface area contributed by atoms with Crippen LogP contribution < -0.4 is 0 Å². The molecule has 1 unspecified atom stereocenters. The molecule has 0 N–H and O–H groups in total. The van der Waals surface area contributed by atoms with E-state index in [1.807, 2.05) is 23.0 Å². The van der Waals surface area contributed by atoms with E-state index < -0.39 is 5.92 Å². The molecule has 1 aromatic carbocycles. The summed E-state index contributed by atoms with van der Waals surface area (Å²) in [5.74, 6) is 0.0483. The van der Waals surface area contributed by atoms with Crippen LogP contribution in [0.25, 0.3) is 11.0 Å². The fraction of sp³-hybridized carbons (Fsp3) is 0.333. The van der Waals surface area contributed by atoms with Gasteiger partial charge in [0, 0.05) is 24.2 Å². The molecule has 0 saturated carbocycles. The molecule has 0 spiro atoms. The molecule has 0 fully saturated rings. The summed E-state index contributed by atoms with van der Waals surface area (Å²) in [6, 6.07) is 5.55. The van der Waals surface area contributed by atoms with Crippen LogP contribution >= 0.6 is 23.2 Å². The van der Waals surface area contributed by atoms with Crippen molar-refractivity contribution in [1.82, 2.24) is 19.7 Å². The first-order chi connectivity index (χ1) is 11.9. The van der Waals surface area contributed by atoms with Crippen molar-refractivity contribution in [2.75, 3.05) is 0 Å². The highest BCUT2D eigenvalue weighted by molar-refractivity contribution is 6.30. The maximum Gasteiger partial charge on any atom is 0.224 e. The predicted molar refractivity (Wildman–Crippen MR) is 97.2 cm³/mol. The molecule has 0 radical (unpaired) electrons. The zero-order valence-corrected chi connectivity index (χ0v) is 15.3. The van der Waals surface area contributed by atoms with Crippen LogP contribution in [-0.2, 0) is 17.8 Å². The molecule has 0 amide bonds. The number of aromatic nitrogens is 4. The summed E-state index contributed by atoms with van der Waals surface area (Å²) in [5.41, 5.74) is 3.00. The van der Waals surface area contributed by atoms with E-state index in [2.05, 4.69) is 28.9 Å². The van der Waals surface area contributed by atoms with Crippen LogP contribution in [0.5, 0.6) is 0 Å². The molecule has 2 heterocycles. The first-order valence-corrected chi connectivity index (χ1v) is 8.89. The highest BCUT2D eigenvalue weighted by Gasteiger charge is 2.35. The van der Waals surface area contributed by atoms with Gasteiger partial charge in [-0.2, -0.15) is 10.1 Å². The van der Waals surface area contributed by atoms with E-state index in [9.17, 15) is 4.79 Å². The van der Waals surface area contributed by atoms with E-state index in [0.717, 1.165) is 23.1 Å². The number of hydrogen-bond acceptors (Lipinski definition) is 4. The van der Waals surface area contributed by atoms with Gasteiger partial charge in [-0.05, 0) is 40.8 Å². The average molecular weight is 375 g/mol. The number of carbonyl (C=O) groups excluding carboxylic acids is 1. The number of Topliss-reactive ketones (excluding diaryl/α,β-unsaturated/α-hetero) is 1. The third kappa shape index (κ3) is 2.92. The molecule has 4 rings (SSSR count). The second kappa shape index (κ2) is 6.07. The van der Waals surface area contributed by atoms with Crippen molar-refractivity contribution in [2.24, 2.45) is 5.92 Å². The Morgan fingerprint density at radius 2 is 2.08 bits per heavy atom. The minimum Gasteiger partial charge on any atom is -0.298 e. The van der Waals surface area contributed by atoms with Gasteiger partial charge in [-0.15, -0.1) is 0 Å². The van der Waals surface area contributed by atoms with Gasteiger partial charge >= 0.3 is 0 Å². The van der Waals surface area contributed by atoms with Gasteiger partial charge in [0.15, 0.2) is 11.4 Å². The lowest BCUT2D eigenvalue weighted by Gasteiger charge is -2.11. The van der Waals surface area contributed by atoms with Crippen LogP contribution in [0.3, 0.4) is 0 Å². The topological polar surface area (TPSA) is 60.7 Å². The van der Waals surface area contributed by atoms with Crippen LogP contribution in [0.15, 0.2) is 24.4 Å². The van der Waals surface area contributed by atoms with Gasteiger partial charge in [0.1, 0.15) is 0 Å². The minimum absolute atomic E-state index is 0.0879. The van der Waals surface area contributed by atoms with Crippen LogP contribution in [0.4, 0.5) is 0 Å². The summed E-state index contributed by atoms with van der Waals surface area (Å²) >= 11 is 12.3. The predicted octanol–water partition coefficient (Wildman–Crippen LogP) is 4.05. The number of nitrogens with zero attached hydrogens (tertiary/aromatic N) is 4. The zero-order valence-electron chi connectivity index (χ0n) is 13.8. The SMILES string of the molecule is CC(C)Cn1cc2c(C3C(=O)Cc4ccc(Cl)cc43)nc(Cl)nc2n1. The Bertz CT molecular complexity index is 996. The lowest BCUT2D eigenvalue weighted by Crippen LogP contribution is -2.11. The number of ketones is 1. The molecular weight excluding hydrogens is 359 g/mol. The standard InChI is InChI=1S/C18H16Cl2N4O/c1-9(2)7-24-8-13-16(21-18(20)22-17(13)23-24)15-12-6-11(19)4-3-10(12)5-14(15)25/h3-4,6,8-9,15H,5,7H2,1-2H3. The van der Waals surface area contributed by atoms with Gasteiger partial charge in [-0.3, -0.25) is 9.48 Å². The fourth-order valence-corrected chi connectivity index (χ4v) is 3.74. The van der Waals surface area contributed by atoms with E-state index in [-0.39, 0.29) is 11.1 Å². The highest BCUT2D eigenvalue weighted by Crippen LogP contribution is 2.39. The second-order valence-corrected chi connectivity index (χ2v) is 7.55. The van der Waals surface area contributed by atoms with E-state index in [1.165, 1.54) is 0 Å². The van der Waals surface area contributed by atoms with Gasteiger partial charge in [-0.1, -0.05) is 31.5 Å². The minimum atomic E-state index is -0.478.